The lowest BCUT2D eigenvalue weighted by atomic mass is 10.0. The van der Waals surface area contributed by atoms with E-state index in [4.69, 9.17) is 0 Å². The first-order valence-electron chi connectivity index (χ1n) is 7.59. The van der Waals surface area contributed by atoms with Crippen LogP contribution >= 0.6 is 0 Å². The topological polar surface area (TPSA) is 61.4 Å². The largest absolute Gasteiger partial charge is 0.343 e. The van der Waals surface area contributed by atoms with E-state index >= 15 is 0 Å². The Balaban J connectivity index is 1.73. The summed E-state index contributed by atoms with van der Waals surface area (Å²) in [6.45, 7) is 3.48. The molecule has 114 valence electrons. The number of nitrogens with one attached hydrogen (secondary N) is 2. The molecule has 2 N–H and O–H groups in total. The number of piperidine rings is 1. The predicted octanol–water partition coefficient (Wildman–Crippen LogP) is 2.60. The summed E-state index contributed by atoms with van der Waals surface area (Å²) in [5.41, 5.74) is 0.783. The van der Waals surface area contributed by atoms with E-state index in [0.29, 0.717) is 6.42 Å². The van der Waals surface area contributed by atoms with E-state index in [0.717, 1.165) is 38.0 Å². The van der Waals surface area contributed by atoms with Gasteiger partial charge in [0.15, 0.2) is 0 Å². The molecular weight excluding hydrogens is 266 g/mol. The van der Waals surface area contributed by atoms with Gasteiger partial charge < -0.3 is 15.5 Å². The number of hydrogen-bond acceptors (Lipinski definition) is 2. The fourth-order valence-electron chi connectivity index (χ4n) is 2.52. The van der Waals surface area contributed by atoms with Gasteiger partial charge in [-0.05, 0) is 31.4 Å². The van der Waals surface area contributed by atoms with Crippen LogP contribution < -0.4 is 10.6 Å². The van der Waals surface area contributed by atoms with Gasteiger partial charge in [0.05, 0.1) is 0 Å². The van der Waals surface area contributed by atoms with Crippen LogP contribution in [0.2, 0.25) is 0 Å². The molecule has 0 aliphatic carbocycles. The molecule has 0 radical (unpaired) electrons. The van der Waals surface area contributed by atoms with E-state index in [1.807, 2.05) is 42.2 Å². The van der Waals surface area contributed by atoms with E-state index in [1.165, 1.54) is 0 Å². The smallest absolute Gasteiger partial charge is 0.319 e. The maximum atomic E-state index is 11.9. The van der Waals surface area contributed by atoms with Crippen LogP contribution in [0.25, 0.3) is 0 Å². The fourth-order valence-corrected chi connectivity index (χ4v) is 2.52. The number of carbonyl (C=O) groups excluding carboxylic acids is 2. The second kappa shape index (κ2) is 7.67. The molecule has 0 saturated carbocycles. The second-order valence-electron chi connectivity index (χ2n) is 5.37. The number of hydrogen-bond donors (Lipinski definition) is 2. The van der Waals surface area contributed by atoms with Gasteiger partial charge in [0, 0.05) is 31.2 Å². The molecule has 21 heavy (non-hydrogen) atoms. The molecule has 0 atom stereocenters. The van der Waals surface area contributed by atoms with Crippen LogP contribution in [0.5, 0.6) is 0 Å². The van der Waals surface area contributed by atoms with Crippen molar-refractivity contribution in [2.24, 2.45) is 0 Å². The number of anilines is 1. The number of para-hydroxylation sites is 1. The summed E-state index contributed by atoms with van der Waals surface area (Å²) in [5, 5.41) is 5.78. The first-order valence-corrected chi connectivity index (χ1v) is 7.59. The van der Waals surface area contributed by atoms with E-state index in [9.17, 15) is 9.59 Å². The molecule has 0 aromatic heterocycles. The maximum Gasteiger partial charge on any atom is 0.319 e. The van der Waals surface area contributed by atoms with Gasteiger partial charge in [-0.3, -0.25) is 4.79 Å². The highest BCUT2D eigenvalue weighted by atomic mass is 16.2. The number of likely N-dealkylation sites (tertiary alicyclic amines) is 1. The third kappa shape index (κ3) is 4.77. The SMILES string of the molecule is CCCC(=O)N1CCC(NC(=O)Nc2ccccc2)CC1. The van der Waals surface area contributed by atoms with Gasteiger partial charge in [0.1, 0.15) is 0 Å². The van der Waals surface area contributed by atoms with Crippen molar-refractivity contribution >= 4 is 17.6 Å². The Labute approximate surface area is 125 Å². The first kappa shape index (κ1) is 15.4. The Bertz CT molecular complexity index is 468. The summed E-state index contributed by atoms with van der Waals surface area (Å²) in [6, 6.07) is 9.34. The Morgan fingerprint density at radius 3 is 2.48 bits per heavy atom. The van der Waals surface area contributed by atoms with E-state index in [-0.39, 0.29) is 18.0 Å². The van der Waals surface area contributed by atoms with Gasteiger partial charge in [0.25, 0.3) is 0 Å². The zero-order valence-electron chi connectivity index (χ0n) is 12.5. The van der Waals surface area contributed by atoms with Crippen LogP contribution in [0.1, 0.15) is 32.6 Å². The minimum Gasteiger partial charge on any atom is -0.343 e. The van der Waals surface area contributed by atoms with Crippen molar-refractivity contribution in [3.05, 3.63) is 30.3 Å². The molecule has 3 amide bonds. The molecule has 5 nitrogen and oxygen atoms in total. The van der Waals surface area contributed by atoms with Crippen LogP contribution in [0, 0.1) is 0 Å². The van der Waals surface area contributed by atoms with E-state index in [2.05, 4.69) is 10.6 Å². The maximum absolute atomic E-state index is 11.9. The Kier molecular flexibility index (Phi) is 5.60. The third-order valence-corrected chi connectivity index (χ3v) is 3.68. The van der Waals surface area contributed by atoms with Gasteiger partial charge in [-0.2, -0.15) is 0 Å². The normalized spacial score (nSPS) is 15.6. The van der Waals surface area contributed by atoms with Crippen LogP contribution in [-0.4, -0.2) is 36.0 Å². The van der Waals surface area contributed by atoms with Crippen molar-refractivity contribution in [1.29, 1.82) is 0 Å². The molecule has 1 fully saturated rings. The number of carbonyl (C=O) groups is 2. The van der Waals surface area contributed by atoms with Crippen LogP contribution in [0.3, 0.4) is 0 Å². The number of benzene rings is 1. The molecule has 1 aromatic rings. The summed E-state index contributed by atoms with van der Waals surface area (Å²) < 4.78 is 0. The molecule has 0 unspecified atom stereocenters. The average Bonchev–Trinajstić information content (AvgIpc) is 2.49. The molecule has 1 heterocycles. The summed E-state index contributed by atoms with van der Waals surface area (Å²) in [7, 11) is 0. The molecule has 1 aromatic carbocycles. The highest BCUT2D eigenvalue weighted by molar-refractivity contribution is 5.89. The second-order valence-corrected chi connectivity index (χ2v) is 5.37. The van der Waals surface area contributed by atoms with Crippen LogP contribution in [0.4, 0.5) is 10.5 Å². The predicted molar refractivity (Wildman–Crippen MR) is 83.1 cm³/mol. The van der Waals surface area contributed by atoms with Gasteiger partial charge >= 0.3 is 6.03 Å². The van der Waals surface area contributed by atoms with Crippen molar-refractivity contribution in [3.63, 3.8) is 0 Å². The van der Waals surface area contributed by atoms with Crippen molar-refractivity contribution in [3.8, 4) is 0 Å². The van der Waals surface area contributed by atoms with Gasteiger partial charge in [-0.15, -0.1) is 0 Å². The van der Waals surface area contributed by atoms with Crippen molar-refractivity contribution in [2.75, 3.05) is 18.4 Å². The summed E-state index contributed by atoms with van der Waals surface area (Å²) in [6.07, 6.45) is 3.14. The highest BCUT2D eigenvalue weighted by Gasteiger charge is 2.23. The molecule has 1 aliphatic rings. The minimum absolute atomic E-state index is 0.138. The zero-order valence-corrected chi connectivity index (χ0v) is 12.5. The van der Waals surface area contributed by atoms with Crippen molar-refractivity contribution < 1.29 is 9.59 Å². The van der Waals surface area contributed by atoms with Crippen LogP contribution in [0.15, 0.2) is 30.3 Å². The van der Waals surface area contributed by atoms with Gasteiger partial charge in [-0.25, -0.2) is 4.79 Å². The summed E-state index contributed by atoms with van der Waals surface area (Å²) in [5.74, 6) is 0.227. The Hall–Kier alpha value is -2.04. The molecule has 2 rings (SSSR count). The number of amides is 3. The molecule has 0 bridgehead atoms. The monoisotopic (exact) mass is 289 g/mol. The lowest BCUT2D eigenvalue weighted by molar-refractivity contribution is -0.132. The van der Waals surface area contributed by atoms with Crippen molar-refractivity contribution in [1.82, 2.24) is 10.2 Å². The molecule has 0 spiro atoms. The highest BCUT2D eigenvalue weighted by Crippen LogP contribution is 2.12. The Morgan fingerprint density at radius 2 is 1.86 bits per heavy atom. The number of rotatable bonds is 4. The zero-order chi connectivity index (χ0) is 15.1. The minimum atomic E-state index is -0.181. The molecular formula is C16H23N3O2. The van der Waals surface area contributed by atoms with E-state index < -0.39 is 0 Å². The number of nitrogens with zero attached hydrogens (tertiary/aromatic N) is 1. The van der Waals surface area contributed by atoms with Gasteiger partial charge in [0.2, 0.25) is 5.91 Å². The Morgan fingerprint density at radius 1 is 1.19 bits per heavy atom. The average molecular weight is 289 g/mol. The quantitative estimate of drug-likeness (QED) is 0.895. The fraction of sp³-hybridized carbons (Fsp3) is 0.500. The summed E-state index contributed by atoms with van der Waals surface area (Å²) in [4.78, 5) is 25.6. The summed E-state index contributed by atoms with van der Waals surface area (Å²) >= 11 is 0. The van der Waals surface area contributed by atoms with E-state index in [1.54, 1.807) is 0 Å². The molecule has 1 saturated heterocycles. The first-order chi connectivity index (χ1) is 10.2. The van der Waals surface area contributed by atoms with Crippen molar-refractivity contribution in [2.45, 2.75) is 38.6 Å². The standard InChI is InChI=1S/C16H23N3O2/c1-2-6-15(20)19-11-9-14(10-12-19)18-16(21)17-13-7-4-3-5-8-13/h3-5,7-8,14H,2,6,9-12H2,1H3,(H2,17,18,21). The van der Waals surface area contributed by atoms with Gasteiger partial charge in [-0.1, -0.05) is 25.1 Å². The number of urea groups is 1. The lowest BCUT2D eigenvalue weighted by Gasteiger charge is -2.32. The van der Waals surface area contributed by atoms with Crippen LogP contribution in [-0.2, 0) is 4.79 Å². The third-order valence-electron chi connectivity index (χ3n) is 3.68. The lowest BCUT2D eigenvalue weighted by Crippen LogP contribution is -2.47. The molecule has 1 aliphatic heterocycles. The molecule has 5 heteroatoms.